The van der Waals surface area contributed by atoms with Gasteiger partial charge >= 0.3 is 6.18 Å². The number of hydrogen-bond donors (Lipinski definition) is 1. The molecular formula is C20H23F3N4O2. The molecule has 4 rings (SSSR count). The van der Waals surface area contributed by atoms with Crippen LogP contribution in [0.3, 0.4) is 0 Å². The number of carbonyl (C=O) groups is 2. The molecule has 0 saturated carbocycles. The van der Waals surface area contributed by atoms with Gasteiger partial charge in [0, 0.05) is 26.2 Å². The number of fused-ring (bicyclic) bond motifs is 1. The molecular weight excluding hydrogens is 385 g/mol. The van der Waals surface area contributed by atoms with Crippen LogP contribution >= 0.6 is 0 Å². The van der Waals surface area contributed by atoms with E-state index >= 15 is 0 Å². The molecule has 2 aliphatic rings. The van der Waals surface area contributed by atoms with Crippen molar-refractivity contribution in [2.75, 3.05) is 19.6 Å². The average molecular weight is 408 g/mol. The van der Waals surface area contributed by atoms with E-state index < -0.39 is 17.9 Å². The molecule has 2 aromatic rings. The first-order valence-corrected chi connectivity index (χ1v) is 9.93. The number of carbonyl (C=O) groups excluding carboxylic acids is 2. The number of rotatable bonds is 3. The van der Waals surface area contributed by atoms with Crippen LogP contribution in [0.15, 0.2) is 24.3 Å². The van der Waals surface area contributed by atoms with Crippen LogP contribution in [0.25, 0.3) is 11.0 Å². The number of halogens is 3. The zero-order chi connectivity index (χ0) is 20.6. The van der Waals surface area contributed by atoms with Gasteiger partial charge in [0.25, 0.3) is 0 Å². The molecule has 1 N–H and O–H groups in total. The third kappa shape index (κ3) is 3.95. The van der Waals surface area contributed by atoms with E-state index in [4.69, 9.17) is 0 Å². The van der Waals surface area contributed by atoms with Gasteiger partial charge in [-0.2, -0.15) is 13.2 Å². The molecule has 6 nitrogen and oxygen atoms in total. The molecule has 1 aromatic heterocycles. The third-order valence-electron chi connectivity index (χ3n) is 5.86. The Hall–Kier alpha value is -2.58. The fourth-order valence-corrected chi connectivity index (χ4v) is 4.30. The van der Waals surface area contributed by atoms with Gasteiger partial charge in [0.15, 0.2) is 0 Å². The lowest BCUT2D eigenvalue weighted by molar-refractivity contribution is -0.147. The molecule has 0 aliphatic carbocycles. The van der Waals surface area contributed by atoms with Gasteiger partial charge in [-0.3, -0.25) is 9.59 Å². The van der Waals surface area contributed by atoms with Gasteiger partial charge in [0.05, 0.1) is 11.0 Å². The Morgan fingerprint density at radius 3 is 2.59 bits per heavy atom. The van der Waals surface area contributed by atoms with Crippen LogP contribution in [0.4, 0.5) is 13.2 Å². The van der Waals surface area contributed by atoms with E-state index in [9.17, 15) is 22.8 Å². The Labute approximate surface area is 166 Å². The molecule has 1 aromatic carbocycles. The summed E-state index contributed by atoms with van der Waals surface area (Å²) in [6.45, 7) is 1.73. The third-order valence-corrected chi connectivity index (χ3v) is 5.86. The highest BCUT2D eigenvalue weighted by Gasteiger charge is 2.39. The van der Waals surface area contributed by atoms with Crippen molar-refractivity contribution in [3.63, 3.8) is 0 Å². The van der Waals surface area contributed by atoms with E-state index in [-0.39, 0.29) is 24.3 Å². The second kappa shape index (κ2) is 7.68. The quantitative estimate of drug-likeness (QED) is 0.795. The molecule has 2 saturated heterocycles. The summed E-state index contributed by atoms with van der Waals surface area (Å²) >= 11 is 0. The van der Waals surface area contributed by atoms with Gasteiger partial charge in [0.1, 0.15) is 5.92 Å². The van der Waals surface area contributed by atoms with Gasteiger partial charge in [-0.1, -0.05) is 12.1 Å². The van der Waals surface area contributed by atoms with Crippen molar-refractivity contribution < 1.29 is 22.8 Å². The smallest absolute Gasteiger partial charge is 0.355 e. The number of alkyl halides is 3. The zero-order valence-corrected chi connectivity index (χ0v) is 15.9. The van der Waals surface area contributed by atoms with Crippen LogP contribution < -0.4 is 5.32 Å². The minimum Gasteiger partial charge on any atom is -0.355 e. The van der Waals surface area contributed by atoms with Crippen LogP contribution in [0.2, 0.25) is 0 Å². The zero-order valence-electron chi connectivity index (χ0n) is 15.9. The molecule has 2 aliphatic heterocycles. The summed E-state index contributed by atoms with van der Waals surface area (Å²) in [5.74, 6) is -1.88. The molecule has 1 atom stereocenters. The first-order chi connectivity index (χ1) is 13.8. The fourth-order valence-electron chi connectivity index (χ4n) is 4.30. The Morgan fingerprint density at radius 2 is 1.90 bits per heavy atom. The van der Waals surface area contributed by atoms with Crippen molar-refractivity contribution >= 4 is 22.8 Å². The summed E-state index contributed by atoms with van der Waals surface area (Å²) in [5, 5.41) is 2.72. The second-order valence-electron chi connectivity index (χ2n) is 7.79. The summed E-state index contributed by atoms with van der Waals surface area (Å²) in [7, 11) is 0. The minimum absolute atomic E-state index is 0.0120. The van der Waals surface area contributed by atoms with E-state index in [0.717, 1.165) is 6.42 Å². The van der Waals surface area contributed by atoms with Crippen molar-refractivity contribution in [2.24, 2.45) is 11.8 Å². The number of piperidine rings is 2. The fraction of sp³-hybridized carbons (Fsp3) is 0.550. The molecule has 0 spiro atoms. The topological polar surface area (TPSA) is 67.2 Å². The Morgan fingerprint density at radius 1 is 1.17 bits per heavy atom. The lowest BCUT2D eigenvalue weighted by atomic mass is 9.93. The Balaban J connectivity index is 1.45. The van der Waals surface area contributed by atoms with Crippen molar-refractivity contribution in [1.29, 1.82) is 0 Å². The van der Waals surface area contributed by atoms with Crippen molar-refractivity contribution in [3.8, 4) is 0 Å². The van der Waals surface area contributed by atoms with Crippen molar-refractivity contribution in [2.45, 2.75) is 38.4 Å². The summed E-state index contributed by atoms with van der Waals surface area (Å²) in [4.78, 5) is 30.1. The lowest BCUT2D eigenvalue weighted by Crippen LogP contribution is -2.49. The number of amides is 2. The van der Waals surface area contributed by atoms with Crippen molar-refractivity contribution in [3.05, 3.63) is 30.1 Å². The van der Waals surface area contributed by atoms with E-state index in [1.807, 2.05) is 0 Å². The summed E-state index contributed by atoms with van der Waals surface area (Å²) in [6.07, 6.45) is -1.98. The van der Waals surface area contributed by atoms with E-state index in [1.54, 1.807) is 29.2 Å². The highest BCUT2D eigenvalue weighted by atomic mass is 19.4. The Kier molecular flexibility index (Phi) is 5.23. The highest BCUT2D eigenvalue weighted by Crippen LogP contribution is 2.33. The largest absolute Gasteiger partial charge is 0.449 e. The van der Waals surface area contributed by atoms with Crippen LogP contribution in [0.1, 0.15) is 31.5 Å². The molecule has 0 bridgehead atoms. The molecule has 9 heteroatoms. The van der Waals surface area contributed by atoms with E-state index in [2.05, 4.69) is 10.3 Å². The summed E-state index contributed by atoms with van der Waals surface area (Å²) < 4.78 is 41.7. The minimum atomic E-state index is -4.52. The average Bonchev–Trinajstić information content (AvgIpc) is 3.08. The number of nitrogens with zero attached hydrogens (tertiary/aromatic N) is 3. The van der Waals surface area contributed by atoms with Gasteiger partial charge in [-0.05, 0) is 43.7 Å². The number of imidazole rings is 1. The number of hydrogen-bond acceptors (Lipinski definition) is 3. The number of benzene rings is 1. The van der Waals surface area contributed by atoms with Crippen LogP contribution in [0.5, 0.6) is 0 Å². The maximum Gasteiger partial charge on any atom is 0.449 e. The number of likely N-dealkylation sites (tertiary alicyclic amines) is 1. The second-order valence-corrected chi connectivity index (χ2v) is 7.79. The number of para-hydroxylation sites is 2. The molecule has 156 valence electrons. The highest BCUT2D eigenvalue weighted by molar-refractivity contribution is 6.00. The van der Waals surface area contributed by atoms with Crippen molar-refractivity contribution in [1.82, 2.24) is 19.8 Å². The maximum absolute atomic E-state index is 13.5. The monoisotopic (exact) mass is 408 g/mol. The molecule has 3 heterocycles. The van der Waals surface area contributed by atoms with E-state index in [1.165, 1.54) is 4.57 Å². The first-order valence-electron chi connectivity index (χ1n) is 9.93. The summed E-state index contributed by atoms with van der Waals surface area (Å²) in [6, 6.07) is 6.61. The van der Waals surface area contributed by atoms with E-state index in [0.29, 0.717) is 49.9 Å². The van der Waals surface area contributed by atoms with Gasteiger partial charge in [-0.15, -0.1) is 0 Å². The SMILES string of the molecule is O=C1NCCCC1C(=O)N1CCC(Cn2c(C(F)(F)F)nc3ccccc32)CC1. The van der Waals surface area contributed by atoms with Crippen LogP contribution in [-0.4, -0.2) is 45.9 Å². The van der Waals surface area contributed by atoms with Crippen LogP contribution in [0, 0.1) is 11.8 Å². The number of aromatic nitrogens is 2. The van der Waals surface area contributed by atoms with Gasteiger partial charge in [-0.25, -0.2) is 4.98 Å². The van der Waals surface area contributed by atoms with Gasteiger partial charge < -0.3 is 14.8 Å². The first kappa shape index (κ1) is 19.7. The maximum atomic E-state index is 13.5. The lowest BCUT2D eigenvalue weighted by Gasteiger charge is -2.35. The normalized spacial score (nSPS) is 21.4. The molecule has 0 radical (unpaired) electrons. The Bertz CT molecular complexity index is 916. The predicted molar refractivity (Wildman–Crippen MR) is 99.8 cm³/mol. The predicted octanol–water partition coefficient (Wildman–Crippen LogP) is 2.82. The van der Waals surface area contributed by atoms with Crippen LogP contribution in [-0.2, 0) is 22.3 Å². The molecule has 2 fully saturated rings. The number of nitrogens with one attached hydrogen (secondary N) is 1. The molecule has 29 heavy (non-hydrogen) atoms. The summed E-state index contributed by atoms with van der Waals surface area (Å²) in [5.41, 5.74) is 0.799. The standard InChI is InChI=1S/C20H23F3N4O2/c21-20(22,23)19-25-15-5-1-2-6-16(15)27(19)12-13-7-10-26(11-8-13)18(29)14-4-3-9-24-17(14)28/h1-2,5-6,13-14H,3-4,7-12H2,(H,24,28). The molecule has 2 amide bonds. The van der Waals surface area contributed by atoms with Gasteiger partial charge in [0.2, 0.25) is 17.6 Å². The molecule has 1 unspecified atom stereocenters.